The van der Waals surface area contributed by atoms with Crippen LogP contribution in [0.4, 0.5) is 5.95 Å². The summed E-state index contributed by atoms with van der Waals surface area (Å²) in [5.74, 6) is 0.663. The topological polar surface area (TPSA) is 59.0 Å². The SMILES string of the molecule is CCn1c(NC(=O)[C@@H]2CCCN2)nc2cc(C)ccc21. The number of aromatic nitrogens is 2. The largest absolute Gasteiger partial charge is 0.310 e. The average Bonchev–Trinajstić information content (AvgIpc) is 3.04. The zero-order valence-electron chi connectivity index (χ0n) is 11.9. The highest BCUT2D eigenvalue weighted by molar-refractivity contribution is 5.95. The predicted molar refractivity (Wildman–Crippen MR) is 79.8 cm³/mol. The predicted octanol–water partition coefficient (Wildman–Crippen LogP) is 2.06. The molecule has 1 atom stereocenters. The summed E-state index contributed by atoms with van der Waals surface area (Å²) in [4.78, 5) is 16.8. The Morgan fingerprint density at radius 3 is 3.10 bits per heavy atom. The van der Waals surface area contributed by atoms with E-state index in [0.717, 1.165) is 37.0 Å². The zero-order valence-corrected chi connectivity index (χ0v) is 11.9. The number of benzene rings is 1. The molecule has 2 N–H and O–H groups in total. The Morgan fingerprint density at radius 2 is 2.40 bits per heavy atom. The van der Waals surface area contributed by atoms with Crippen molar-refractivity contribution in [2.24, 2.45) is 0 Å². The number of rotatable bonds is 3. The fraction of sp³-hybridized carbons (Fsp3) is 0.467. The van der Waals surface area contributed by atoms with Crippen LogP contribution in [-0.2, 0) is 11.3 Å². The number of imidazole rings is 1. The molecule has 2 aromatic rings. The molecule has 1 aliphatic rings. The van der Waals surface area contributed by atoms with Gasteiger partial charge in [-0.3, -0.25) is 10.1 Å². The van der Waals surface area contributed by atoms with Gasteiger partial charge in [0.25, 0.3) is 0 Å². The van der Waals surface area contributed by atoms with Gasteiger partial charge >= 0.3 is 0 Å². The maximum absolute atomic E-state index is 12.2. The first-order valence-corrected chi connectivity index (χ1v) is 7.20. The molecule has 5 nitrogen and oxygen atoms in total. The van der Waals surface area contributed by atoms with Gasteiger partial charge in [0.2, 0.25) is 11.9 Å². The maximum atomic E-state index is 12.2. The van der Waals surface area contributed by atoms with Gasteiger partial charge in [0.15, 0.2) is 0 Å². The minimum absolute atomic E-state index is 0.0178. The third kappa shape index (κ3) is 2.29. The van der Waals surface area contributed by atoms with Gasteiger partial charge in [-0.1, -0.05) is 6.07 Å². The van der Waals surface area contributed by atoms with Gasteiger partial charge in [0, 0.05) is 6.54 Å². The number of nitrogens with zero attached hydrogens (tertiary/aromatic N) is 2. The van der Waals surface area contributed by atoms with Crippen molar-refractivity contribution in [1.82, 2.24) is 14.9 Å². The lowest BCUT2D eigenvalue weighted by atomic mass is 10.2. The minimum Gasteiger partial charge on any atom is -0.310 e. The molecule has 1 aromatic carbocycles. The highest BCUT2D eigenvalue weighted by atomic mass is 16.2. The summed E-state index contributed by atoms with van der Waals surface area (Å²) in [5.41, 5.74) is 3.17. The van der Waals surface area contributed by atoms with E-state index in [0.29, 0.717) is 5.95 Å². The quantitative estimate of drug-likeness (QED) is 0.899. The van der Waals surface area contributed by atoms with Gasteiger partial charge in [0.1, 0.15) is 0 Å². The van der Waals surface area contributed by atoms with Gasteiger partial charge in [-0.2, -0.15) is 0 Å². The number of hydrogen-bond acceptors (Lipinski definition) is 3. The van der Waals surface area contributed by atoms with Crippen LogP contribution in [0.2, 0.25) is 0 Å². The molecule has 1 aliphatic heterocycles. The number of carbonyl (C=O) groups excluding carboxylic acids is 1. The second-order valence-electron chi connectivity index (χ2n) is 5.31. The minimum atomic E-state index is -0.0816. The lowest BCUT2D eigenvalue weighted by Crippen LogP contribution is -2.36. The van der Waals surface area contributed by atoms with E-state index in [1.807, 2.05) is 17.6 Å². The first kappa shape index (κ1) is 13.1. The van der Waals surface area contributed by atoms with Crippen molar-refractivity contribution in [2.45, 2.75) is 39.3 Å². The number of carbonyl (C=O) groups is 1. The monoisotopic (exact) mass is 272 g/mol. The Morgan fingerprint density at radius 1 is 1.55 bits per heavy atom. The van der Waals surface area contributed by atoms with Crippen molar-refractivity contribution in [2.75, 3.05) is 11.9 Å². The molecule has 1 saturated heterocycles. The van der Waals surface area contributed by atoms with Gasteiger partial charge in [0.05, 0.1) is 17.1 Å². The van der Waals surface area contributed by atoms with Crippen molar-refractivity contribution in [3.8, 4) is 0 Å². The molecule has 0 spiro atoms. The third-order valence-electron chi connectivity index (χ3n) is 3.83. The highest BCUT2D eigenvalue weighted by Gasteiger charge is 2.23. The van der Waals surface area contributed by atoms with Crippen molar-refractivity contribution in [3.05, 3.63) is 23.8 Å². The van der Waals surface area contributed by atoms with Crippen LogP contribution < -0.4 is 10.6 Å². The molecule has 2 heterocycles. The normalized spacial score (nSPS) is 18.6. The summed E-state index contributed by atoms with van der Waals surface area (Å²) < 4.78 is 2.04. The van der Waals surface area contributed by atoms with Crippen LogP contribution in [-0.4, -0.2) is 28.0 Å². The first-order valence-electron chi connectivity index (χ1n) is 7.20. The van der Waals surface area contributed by atoms with Gasteiger partial charge in [-0.25, -0.2) is 4.98 Å². The van der Waals surface area contributed by atoms with E-state index in [-0.39, 0.29) is 11.9 Å². The van der Waals surface area contributed by atoms with Crippen LogP contribution in [0, 0.1) is 6.92 Å². The molecule has 3 rings (SSSR count). The summed E-state index contributed by atoms with van der Waals surface area (Å²) in [6.45, 7) is 5.81. The molecular formula is C15H20N4O. The lowest BCUT2D eigenvalue weighted by molar-refractivity contribution is -0.117. The standard InChI is InChI=1S/C15H20N4O/c1-3-19-13-7-6-10(2)9-12(13)17-15(19)18-14(20)11-5-4-8-16-11/h6-7,9,11,16H,3-5,8H2,1-2H3,(H,17,18,20)/t11-/m0/s1. The van der Waals surface area contributed by atoms with Crippen molar-refractivity contribution in [3.63, 3.8) is 0 Å². The van der Waals surface area contributed by atoms with Gasteiger partial charge in [-0.05, 0) is 50.9 Å². The lowest BCUT2D eigenvalue weighted by Gasteiger charge is -2.11. The smallest absolute Gasteiger partial charge is 0.243 e. The molecule has 1 aromatic heterocycles. The number of hydrogen-bond donors (Lipinski definition) is 2. The summed E-state index contributed by atoms with van der Waals surface area (Å²) in [6.07, 6.45) is 1.96. The number of nitrogens with one attached hydrogen (secondary N) is 2. The van der Waals surface area contributed by atoms with Crippen molar-refractivity contribution >= 4 is 22.9 Å². The van der Waals surface area contributed by atoms with Crippen LogP contribution in [0.15, 0.2) is 18.2 Å². The molecule has 0 radical (unpaired) electrons. The van der Waals surface area contributed by atoms with E-state index in [4.69, 9.17) is 0 Å². The zero-order chi connectivity index (χ0) is 14.1. The van der Waals surface area contributed by atoms with Crippen molar-refractivity contribution < 1.29 is 4.79 Å². The van der Waals surface area contributed by atoms with Crippen LogP contribution in [0.25, 0.3) is 11.0 Å². The first-order chi connectivity index (χ1) is 9.69. The second kappa shape index (κ2) is 5.25. The van der Waals surface area contributed by atoms with Crippen LogP contribution in [0.3, 0.4) is 0 Å². The summed E-state index contributed by atoms with van der Waals surface area (Å²) in [7, 11) is 0. The molecule has 106 valence electrons. The third-order valence-corrected chi connectivity index (χ3v) is 3.83. The summed E-state index contributed by atoms with van der Waals surface area (Å²) in [6, 6.07) is 6.09. The van der Waals surface area contributed by atoms with E-state index < -0.39 is 0 Å². The Labute approximate surface area is 118 Å². The van der Waals surface area contributed by atoms with Crippen LogP contribution in [0.1, 0.15) is 25.3 Å². The van der Waals surface area contributed by atoms with E-state index >= 15 is 0 Å². The summed E-state index contributed by atoms with van der Waals surface area (Å²) in [5, 5.41) is 6.17. The molecule has 0 unspecified atom stereocenters. The molecule has 1 amide bonds. The molecule has 0 aliphatic carbocycles. The van der Waals surface area contributed by atoms with E-state index in [9.17, 15) is 4.79 Å². The number of anilines is 1. The molecule has 1 fully saturated rings. The number of fused-ring (bicyclic) bond motifs is 1. The van der Waals surface area contributed by atoms with Crippen LogP contribution in [0.5, 0.6) is 0 Å². The molecule has 5 heteroatoms. The van der Waals surface area contributed by atoms with E-state index in [1.165, 1.54) is 5.56 Å². The Kier molecular flexibility index (Phi) is 3.44. The number of amides is 1. The molecule has 0 saturated carbocycles. The Balaban J connectivity index is 1.92. The Bertz CT molecular complexity index is 641. The van der Waals surface area contributed by atoms with Gasteiger partial charge in [-0.15, -0.1) is 0 Å². The van der Waals surface area contributed by atoms with Crippen molar-refractivity contribution in [1.29, 1.82) is 0 Å². The Hall–Kier alpha value is -1.88. The fourth-order valence-corrected chi connectivity index (χ4v) is 2.76. The average molecular weight is 272 g/mol. The highest BCUT2D eigenvalue weighted by Crippen LogP contribution is 2.21. The summed E-state index contributed by atoms with van der Waals surface area (Å²) >= 11 is 0. The van der Waals surface area contributed by atoms with E-state index in [2.05, 4.69) is 34.7 Å². The van der Waals surface area contributed by atoms with E-state index in [1.54, 1.807) is 0 Å². The van der Waals surface area contributed by atoms with Gasteiger partial charge < -0.3 is 9.88 Å². The molecule has 0 bridgehead atoms. The fourth-order valence-electron chi connectivity index (χ4n) is 2.76. The second-order valence-corrected chi connectivity index (χ2v) is 5.31. The van der Waals surface area contributed by atoms with Crippen LogP contribution >= 0.6 is 0 Å². The molecular weight excluding hydrogens is 252 g/mol. The maximum Gasteiger partial charge on any atom is 0.243 e. The number of aryl methyl sites for hydroxylation is 2. The molecule has 20 heavy (non-hydrogen) atoms.